The number of amides is 2. The molecule has 0 unspecified atom stereocenters. The SMILES string of the molecule is Cc1cc(C)cc(NC(=O)/C(C#N)=C/c2ccc(Sc3nc4ccc(NC(=O)c5ccc(Cl)cc5)cc4s3)c([N+](=O)[O-])c2)c1. The standard InChI is InChI=1S/C32H22ClN5O4S2/c1-18-11-19(2)13-25(12-18)36-31(40)22(17-34)14-20-3-10-28(27(15-20)38(41)42)43-32-37-26-9-8-24(16-29(26)44-32)35-30(39)21-4-6-23(33)7-5-21/h3-16H,1-2H3,(H,35,39)(H,36,40)/b22-14+. The molecule has 0 spiro atoms. The number of carbonyl (C=O) groups excluding carboxylic acids is 2. The van der Waals surface area contributed by atoms with Crippen LogP contribution in [0.4, 0.5) is 17.1 Å². The monoisotopic (exact) mass is 639 g/mol. The number of hydrogen-bond donors (Lipinski definition) is 2. The van der Waals surface area contributed by atoms with Crippen LogP contribution in [0.2, 0.25) is 5.02 Å². The molecule has 9 nitrogen and oxygen atoms in total. The Balaban J connectivity index is 1.34. The van der Waals surface area contributed by atoms with Crippen molar-refractivity contribution in [2.24, 2.45) is 0 Å². The number of nitrogens with zero attached hydrogens (tertiary/aromatic N) is 3. The topological polar surface area (TPSA) is 138 Å². The first-order chi connectivity index (χ1) is 21.1. The minimum absolute atomic E-state index is 0.189. The molecule has 0 aliphatic rings. The first-order valence-electron chi connectivity index (χ1n) is 13.0. The molecule has 0 atom stereocenters. The molecule has 5 aromatic rings. The van der Waals surface area contributed by atoms with Gasteiger partial charge in [-0.15, -0.1) is 11.3 Å². The van der Waals surface area contributed by atoms with Crippen molar-refractivity contribution >= 4 is 79.9 Å². The van der Waals surface area contributed by atoms with Gasteiger partial charge in [0, 0.05) is 28.0 Å². The number of carbonyl (C=O) groups is 2. The zero-order chi connectivity index (χ0) is 31.4. The van der Waals surface area contributed by atoms with E-state index in [1.54, 1.807) is 66.7 Å². The van der Waals surface area contributed by atoms with E-state index in [0.29, 0.717) is 42.3 Å². The molecule has 1 heterocycles. The molecule has 0 fully saturated rings. The van der Waals surface area contributed by atoms with Gasteiger partial charge in [-0.05, 0) is 97.3 Å². The molecule has 2 N–H and O–H groups in total. The van der Waals surface area contributed by atoms with Crippen molar-refractivity contribution in [1.29, 1.82) is 5.26 Å². The zero-order valence-corrected chi connectivity index (χ0v) is 25.6. The van der Waals surface area contributed by atoms with Gasteiger partial charge in [-0.3, -0.25) is 19.7 Å². The number of anilines is 2. The van der Waals surface area contributed by atoms with E-state index in [-0.39, 0.29) is 17.2 Å². The highest BCUT2D eigenvalue weighted by atomic mass is 35.5. The molecule has 0 saturated heterocycles. The molecule has 0 radical (unpaired) electrons. The quantitative estimate of drug-likeness (QED) is 0.0752. The molecule has 1 aromatic heterocycles. The van der Waals surface area contributed by atoms with E-state index >= 15 is 0 Å². The Morgan fingerprint density at radius 2 is 1.70 bits per heavy atom. The van der Waals surface area contributed by atoms with E-state index in [4.69, 9.17) is 11.6 Å². The molecule has 0 saturated carbocycles. The van der Waals surface area contributed by atoms with Gasteiger partial charge in [0.1, 0.15) is 11.6 Å². The lowest BCUT2D eigenvalue weighted by atomic mass is 10.1. The third-order valence-electron chi connectivity index (χ3n) is 6.27. The Kier molecular flexibility index (Phi) is 9.06. The summed E-state index contributed by atoms with van der Waals surface area (Å²) in [6.45, 7) is 3.80. The van der Waals surface area contributed by atoms with E-state index in [1.165, 1.54) is 23.5 Å². The number of aryl methyl sites for hydroxylation is 2. The number of nitro benzene ring substituents is 1. The summed E-state index contributed by atoms with van der Waals surface area (Å²) >= 11 is 8.36. The van der Waals surface area contributed by atoms with Crippen molar-refractivity contribution in [1.82, 2.24) is 4.98 Å². The highest BCUT2D eigenvalue weighted by Gasteiger charge is 2.19. The maximum atomic E-state index is 12.8. The van der Waals surface area contributed by atoms with Crippen LogP contribution in [0.15, 0.2) is 93.7 Å². The molecular formula is C32H22ClN5O4S2. The molecule has 0 aliphatic carbocycles. The molecule has 44 heavy (non-hydrogen) atoms. The number of nitrogens with one attached hydrogen (secondary N) is 2. The summed E-state index contributed by atoms with van der Waals surface area (Å²) in [5, 5.41) is 27.7. The van der Waals surface area contributed by atoms with E-state index in [1.807, 2.05) is 26.0 Å². The van der Waals surface area contributed by atoms with Crippen LogP contribution in [0.5, 0.6) is 0 Å². The molecule has 0 aliphatic heterocycles. The number of nitriles is 1. The van der Waals surface area contributed by atoms with Crippen molar-refractivity contribution in [2.75, 3.05) is 10.6 Å². The number of fused-ring (bicyclic) bond motifs is 1. The second-order valence-electron chi connectivity index (χ2n) is 9.71. The second kappa shape index (κ2) is 13.1. The number of nitro groups is 1. The van der Waals surface area contributed by atoms with Crippen molar-refractivity contribution < 1.29 is 14.5 Å². The number of benzene rings is 4. The molecule has 5 rings (SSSR count). The lowest BCUT2D eigenvalue weighted by molar-refractivity contribution is -0.387. The third-order valence-corrected chi connectivity index (χ3v) is 8.66. The Hall–Kier alpha value is -5.02. The Morgan fingerprint density at radius 1 is 0.977 bits per heavy atom. The number of aromatic nitrogens is 1. The van der Waals surface area contributed by atoms with Crippen LogP contribution < -0.4 is 10.6 Å². The summed E-state index contributed by atoms with van der Waals surface area (Å²) in [5.41, 5.74) is 4.14. The first-order valence-corrected chi connectivity index (χ1v) is 15.0. The molecule has 12 heteroatoms. The van der Waals surface area contributed by atoms with Crippen LogP contribution in [-0.2, 0) is 4.79 Å². The van der Waals surface area contributed by atoms with Crippen LogP contribution in [0.25, 0.3) is 16.3 Å². The number of hydrogen-bond acceptors (Lipinski definition) is 8. The summed E-state index contributed by atoms with van der Waals surface area (Å²) in [7, 11) is 0. The normalized spacial score (nSPS) is 11.2. The lowest BCUT2D eigenvalue weighted by Gasteiger charge is -2.07. The van der Waals surface area contributed by atoms with Crippen LogP contribution in [-0.4, -0.2) is 21.7 Å². The summed E-state index contributed by atoms with van der Waals surface area (Å²) in [5.74, 6) is -0.899. The largest absolute Gasteiger partial charge is 0.322 e. The highest BCUT2D eigenvalue weighted by molar-refractivity contribution is 8.01. The van der Waals surface area contributed by atoms with Crippen molar-refractivity contribution in [2.45, 2.75) is 23.1 Å². The van der Waals surface area contributed by atoms with E-state index in [0.717, 1.165) is 27.6 Å². The maximum absolute atomic E-state index is 12.8. The van der Waals surface area contributed by atoms with Gasteiger partial charge in [-0.25, -0.2) is 4.98 Å². The van der Waals surface area contributed by atoms with Crippen LogP contribution in [0, 0.1) is 35.3 Å². The van der Waals surface area contributed by atoms with Gasteiger partial charge in [0.15, 0.2) is 4.34 Å². The number of thiazole rings is 1. The zero-order valence-electron chi connectivity index (χ0n) is 23.3. The van der Waals surface area contributed by atoms with Crippen molar-refractivity contribution in [3.8, 4) is 6.07 Å². The van der Waals surface area contributed by atoms with Gasteiger partial charge < -0.3 is 10.6 Å². The minimum Gasteiger partial charge on any atom is -0.322 e. The van der Waals surface area contributed by atoms with Crippen LogP contribution in [0.3, 0.4) is 0 Å². The van der Waals surface area contributed by atoms with Gasteiger partial charge in [0.2, 0.25) is 0 Å². The predicted molar refractivity (Wildman–Crippen MR) is 174 cm³/mol. The van der Waals surface area contributed by atoms with Crippen molar-refractivity contribution in [3.63, 3.8) is 0 Å². The van der Waals surface area contributed by atoms with Gasteiger partial charge in [-0.1, -0.05) is 35.5 Å². The average Bonchev–Trinajstić information content (AvgIpc) is 3.37. The van der Waals surface area contributed by atoms with Gasteiger partial charge >= 0.3 is 0 Å². The van der Waals surface area contributed by atoms with Gasteiger partial charge in [-0.2, -0.15) is 5.26 Å². The Labute approximate surface area is 265 Å². The highest BCUT2D eigenvalue weighted by Crippen LogP contribution is 2.40. The fraction of sp³-hybridized carbons (Fsp3) is 0.0625. The molecule has 0 bridgehead atoms. The van der Waals surface area contributed by atoms with Crippen molar-refractivity contribution in [3.05, 3.63) is 122 Å². The summed E-state index contributed by atoms with van der Waals surface area (Å²) in [6.07, 6.45) is 1.32. The van der Waals surface area contributed by atoms with Gasteiger partial charge in [0.25, 0.3) is 17.5 Å². The van der Waals surface area contributed by atoms with E-state index in [2.05, 4.69) is 15.6 Å². The molecule has 4 aromatic carbocycles. The maximum Gasteiger partial charge on any atom is 0.283 e. The lowest BCUT2D eigenvalue weighted by Crippen LogP contribution is -2.13. The fourth-order valence-electron chi connectivity index (χ4n) is 4.34. The summed E-state index contributed by atoms with van der Waals surface area (Å²) in [4.78, 5) is 41.8. The smallest absolute Gasteiger partial charge is 0.283 e. The summed E-state index contributed by atoms with van der Waals surface area (Å²) in [6, 6.07) is 23.7. The fourth-order valence-corrected chi connectivity index (χ4v) is 6.61. The molecule has 218 valence electrons. The number of halogens is 1. The summed E-state index contributed by atoms with van der Waals surface area (Å²) < 4.78 is 1.36. The Morgan fingerprint density at radius 3 is 2.39 bits per heavy atom. The predicted octanol–water partition coefficient (Wildman–Crippen LogP) is 8.42. The van der Waals surface area contributed by atoms with E-state index < -0.39 is 10.8 Å². The molecular weight excluding hydrogens is 618 g/mol. The van der Waals surface area contributed by atoms with E-state index in [9.17, 15) is 25.0 Å². The first kappa shape index (κ1) is 30.4. The number of rotatable bonds is 8. The molecule has 2 amide bonds. The third kappa shape index (κ3) is 7.30. The van der Waals surface area contributed by atoms with Crippen LogP contribution >= 0.6 is 34.7 Å². The van der Waals surface area contributed by atoms with Crippen LogP contribution in [0.1, 0.15) is 27.0 Å². The average molecular weight is 640 g/mol. The Bertz CT molecular complexity index is 2000. The van der Waals surface area contributed by atoms with Gasteiger partial charge in [0.05, 0.1) is 20.0 Å². The minimum atomic E-state index is -0.614. The second-order valence-corrected chi connectivity index (χ2v) is 12.5.